The van der Waals surface area contributed by atoms with E-state index in [-0.39, 0.29) is 10.7 Å². The summed E-state index contributed by atoms with van der Waals surface area (Å²) in [6, 6.07) is 8.82. The number of hydrogen-bond donors (Lipinski definition) is 2. The third kappa shape index (κ3) is 4.40. The fraction of sp³-hybridized carbons (Fsp3) is 0.462. The van der Waals surface area contributed by atoms with Gasteiger partial charge in [0, 0.05) is 11.3 Å². The number of carbonyl (C=O) groups is 1. The Hall–Kier alpha value is -1.00. The molecule has 0 fully saturated rings. The molecule has 17 heavy (non-hydrogen) atoms. The van der Waals surface area contributed by atoms with Crippen molar-refractivity contribution in [1.82, 2.24) is 5.32 Å². The van der Waals surface area contributed by atoms with Gasteiger partial charge in [0.15, 0.2) is 0 Å². The van der Waals surface area contributed by atoms with Gasteiger partial charge in [-0.05, 0) is 25.7 Å². The van der Waals surface area contributed by atoms with Crippen LogP contribution in [-0.4, -0.2) is 23.5 Å². The maximum Gasteiger partial charge on any atom is 0.241 e. The Balaban J connectivity index is 2.54. The van der Waals surface area contributed by atoms with Crippen LogP contribution in [0.1, 0.15) is 25.5 Å². The van der Waals surface area contributed by atoms with E-state index >= 15 is 0 Å². The molecule has 0 saturated carbocycles. The number of nitrogens with one attached hydrogen (secondary N) is 1. The molecule has 94 valence electrons. The molecule has 0 spiro atoms. The van der Waals surface area contributed by atoms with E-state index in [1.54, 1.807) is 11.8 Å². The molecule has 0 heterocycles. The molecule has 4 heteroatoms. The van der Waals surface area contributed by atoms with Crippen molar-refractivity contribution in [2.24, 2.45) is 5.73 Å². The van der Waals surface area contributed by atoms with Crippen LogP contribution in [0, 0.1) is 0 Å². The summed E-state index contributed by atoms with van der Waals surface area (Å²) in [6.45, 7) is 4.80. The monoisotopic (exact) mass is 252 g/mol. The molecule has 0 aliphatic rings. The Kier molecular flexibility index (Phi) is 5.02. The maximum absolute atomic E-state index is 11.9. The lowest BCUT2D eigenvalue weighted by molar-refractivity contribution is -0.122. The molecule has 3 N–H and O–H groups in total. The largest absolute Gasteiger partial charge is 0.353 e. The first-order valence-electron chi connectivity index (χ1n) is 5.59. The predicted octanol–water partition coefficient (Wildman–Crippen LogP) is 1.94. The van der Waals surface area contributed by atoms with Crippen molar-refractivity contribution in [3.05, 3.63) is 35.9 Å². The van der Waals surface area contributed by atoms with E-state index in [0.717, 1.165) is 5.56 Å². The normalized spacial score (nSPS) is 13.2. The highest BCUT2D eigenvalue weighted by Gasteiger charge is 2.20. The van der Waals surface area contributed by atoms with Gasteiger partial charge in [0.2, 0.25) is 5.91 Å². The van der Waals surface area contributed by atoms with E-state index < -0.39 is 6.04 Å². The van der Waals surface area contributed by atoms with Crippen LogP contribution in [0.15, 0.2) is 30.3 Å². The van der Waals surface area contributed by atoms with Crippen molar-refractivity contribution < 1.29 is 4.79 Å². The Morgan fingerprint density at radius 1 is 1.41 bits per heavy atom. The zero-order valence-corrected chi connectivity index (χ0v) is 11.4. The first-order valence-corrected chi connectivity index (χ1v) is 6.82. The average Bonchev–Trinajstić information content (AvgIpc) is 2.36. The third-order valence-corrected chi connectivity index (χ3v) is 3.93. The van der Waals surface area contributed by atoms with Gasteiger partial charge in [-0.3, -0.25) is 4.79 Å². The molecule has 1 aromatic carbocycles. The van der Waals surface area contributed by atoms with Gasteiger partial charge in [0.1, 0.15) is 6.04 Å². The minimum Gasteiger partial charge on any atom is -0.353 e. The molecule has 0 aromatic heterocycles. The van der Waals surface area contributed by atoms with Gasteiger partial charge in [0.25, 0.3) is 0 Å². The molecule has 1 aromatic rings. The van der Waals surface area contributed by atoms with E-state index in [0.29, 0.717) is 6.54 Å². The molecule has 1 atom stereocenters. The van der Waals surface area contributed by atoms with Gasteiger partial charge in [-0.25, -0.2) is 0 Å². The van der Waals surface area contributed by atoms with E-state index in [2.05, 4.69) is 19.2 Å². The summed E-state index contributed by atoms with van der Waals surface area (Å²) in [7, 11) is 0. The summed E-state index contributed by atoms with van der Waals surface area (Å²) in [5, 5.41) is 2.89. The summed E-state index contributed by atoms with van der Waals surface area (Å²) in [6.07, 6.45) is 2.03. The molecule has 1 amide bonds. The third-order valence-electron chi connectivity index (χ3n) is 2.68. The highest BCUT2D eigenvalue weighted by Crippen LogP contribution is 2.20. The quantitative estimate of drug-likeness (QED) is 0.842. The second-order valence-electron chi connectivity index (χ2n) is 4.57. The Labute approximate surface area is 107 Å². The van der Waals surface area contributed by atoms with Gasteiger partial charge >= 0.3 is 0 Å². The molecule has 1 rings (SSSR count). The van der Waals surface area contributed by atoms with Crippen molar-refractivity contribution in [3.63, 3.8) is 0 Å². The number of nitrogens with two attached hydrogens (primary N) is 1. The van der Waals surface area contributed by atoms with Crippen LogP contribution >= 0.6 is 11.8 Å². The van der Waals surface area contributed by atoms with E-state index in [9.17, 15) is 4.79 Å². The summed E-state index contributed by atoms with van der Waals surface area (Å²) < 4.78 is 0.0338. The summed E-state index contributed by atoms with van der Waals surface area (Å²) in [5.41, 5.74) is 6.73. The van der Waals surface area contributed by atoms with E-state index in [1.807, 2.05) is 36.6 Å². The van der Waals surface area contributed by atoms with Gasteiger partial charge < -0.3 is 11.1 Å². The van der Waals surface area contributed by atoms with Gasteiger partial charge in [-0.1, -0.05) is 30.3 Å². The average molecular weight is 252 g/mol. The number of hydrogen-bond acceptors (Lipinski definition) is 3. The molecule has 0 aliphatic carbocycles. The van der Waals surface area contributed by atoms with Crippen LogP contribution in [0.2, 0.25) is 0 Å². The number of rotatable bonds is 5. The van der Waals surface area contributed by atoms with Crippen LogP contribution in [0.5, 0.6) is 0 Å². The fourth-order valence-corrected chi connectivity index (χ4v) is 1.51. The number of carbonyl (C=O) groups excluding carboxylic acids is 1. The number of thioether (sulfide) groups is 1. The first kappa shape index (κ1) is 14.1. The summed E-state index contributed by atoms with van der Waals surface area (Å²) >= 11 is 1.72. The maximum atomic E-state index is 11.9. The van der Waals surface area contributed by atoms with Crippen molar-refractivity contribution >= 4 is 17.7 Å². The number of amides is 1. The van der Waals surface area contributed by atoms with Crippen molar-refractivity contribution in [2.45, 2.75) is 24.6 Å². The van der Waals surface area contributed by atoms with Crippen LogP contribution in [0.4, 0.5) is 0 Å². The lowest BCUT2D eigenvalue weighted by atomic mass is 10.1. The van der Waals surface area contributed by atoms with Crippen molar-refractivity contribution in [1.29, 1.82) is 0 Å². The molecule has 0 radical (unpaired) electrons. The van der Waals surface area contributed by atoms with Crippen molar-refractivity contribution in [3.8, 4) is 0 Å². The van der Waals surface area contributed by atoms with Gasteiger partial charge in [-0.15, -0.1) is 0 Å². The van der Waals surface area contributed by atoms with Crippen LogP contribution < -0.4 is 11.1 Å². The van der Waals surface area contributed by atoms with E-state index in [4.69, 9.17) is 5.73 Å². The lowest BCUT2D eigenvalue weighted by Crippen LogP contribution is -2.40. The fourth-order valence-electron chi connectivity index (χ4n) is 1.29. The van der Waals surface area contributed by atoms with Crippen LogP contribution in [-0.2, 0) is 4.79 Å². The second kappa shape index (κ2) is 6.07. The lowest BCUT2D eigenvalue weighted by Gasteiger charge is -2.23. The summed E-state index contributed by atoms with van der Waals surface area (Å²) in [5.74, 6) is -0.127. The first-order chi connectivity index (χ1) is 7.96. The Morgan fingerprint density at radius 2 is 2.00 bits per heavy atom. The standard InChI is InChI=1S/C13H20N2OS/c1-13(2,17-3)9-15-12(16)11(14)10-7-5-4-6-8-10/h4-8,11H,9,14H2,1-3H3,(H,15,16)/t11-/m0/s1. The van der Waals surface area contributed by atoms with Gasteiger partial charge in [-0.2, -0.15) is 11.8 Å². The van der Waals surface area contributed by atoms with Crippen molar-refractivity contribution in [2.75, 3.05) is 12.8 Å². The molecule has 0 aliphatic heterocycles. The highest BCUT2D eigenvalue weighted by atomic mass is 32.2. The summed E-state index contributed by atoms with van der Waals surface area (Å²) in [4.78, 5) is 11.9. The zero-order valence-electron chi connectivity index (χ0n) is 10.6. The van der Waals surface area contributed by atoms with Gasteiger partial charge in [0.05, 0.1) is 0 Å². The van der Waals surface area contributed by atoms with E-state index in [1.165, 1.54) is 0 Å². The van der Waals surface area contributed by atoms with Crippen LogP contribution in [0.25, 0.3) is 0 Å². The molecule has 0 bridgehead atoms. The minimum absolute atomic E-state index is 0.0338. The molecule has 0 unspecified atom stereocenters. The topological polar surface area (TPSA) is 55.1 Å². The Morgan fingerprint density at radius 3 is 2.53 bits per heavy atom. The predicted molar refractivity (Wildman–Crippen MR) is 74.0 cm³/mol. The second-order valence-corrected chi connectivity index (χ2v) is 6.08. The molecule has 3 nitrogen and oxygen atoms in total. The smallest absolute Gasteiger partial charge is 0.241 e. The molecule has 0 saturated heterocycles. The highest BCUT2D eigenvalue weighted by molar-refractivity contribution is 7.99. The minimum atomic E-state index is -0.589. The molecular formula is C13H20N2OS. The Bertz CT molecular complexity index is 365. The molecular weight excluding hydrogens is 232 g/mol. The SMILES string of the molecule is CSC(C)(C)CNC(=O)[C@@H](N)c1ccccc1. The zero-order chi connectivity index (χ0) is 12.9. The van der Waals surface area contributed by atoms with Crippen LogP contribution in [0.3, 0.4) is 0 Å². The number of benzene rings is 1.